The average Bonchev–Trinajstić information content (AvgIpc) is 2.61. The fourth-order valence-electron chi connectivity index (χ4n) is 2.32. The summed E-state index contributed by atoms with van der Waals surface area (Å²) in [7, 11) is -3.21. The maximum absolute atomic E-state index is 12.1. The van der Waals surface area contributed by atoms with Crippen molar-refractivity contribution in [3.63, 3.8) is 0 Å². The lowest BCUT2D eigenvalue weighted by Gasteiger charge is -2.14. The molecule has 2 aromatic carbocycles. The minimum atomic E-state index is -3.21. The van der Waals surface area contributed by atoms with Gasteiger partial charge in [-0.1, -0.05) is 12.1 Å². The zero-order chi connectivity index (χ0) is 19.2. The van der Waals surface area contributed by atoms with E-state index in [0.29, 0.717) is 12.4 Å². The van der Waals surface area contributed by atoms with Gasteiger partial charge in [-0.2, -0.15) is 0 Å². The molecule has 0 saturated carbocycles. The van der Waals surface area contributed by atoms with Gasteiger partial charge in [-0.25, -0.2) is 8.42 Å². The molecule has 2 aromatic rings. The largest absolute Gasteiger partial charge is 0.494 e. The van der Waals surface area contributed by atoms with Gasteiger partial charge in [-0.05, 0) is 55.8 Å². The lowest BCUT2D eigenvalue weighted by molar-refractivity contribution is -0.119. The van der Waals surface area contributed by atoms with Gasteiger partial charge in [0.25, 0.3) is 0 Å². The van der Waals surface area contributed by atoms with E-state index in [9.17, 15) is 13.2 Å². The second-order valence-corrected chi connectivity index (χ2v) is 8.89. The Morgan fingerprint density at radius 2 is 1.73 bits per heavy atom. The van der Waals surface area contributed by atoms with Crippen molar-refractivity contribution >= 4 is 27.5 Å². The quantitative estimate of drug-likeness (QED) is 0.696. The van der Waals surface area contributed by atoms with Gasteiger partial charge < -0.3 is 10.1 Å². The highest BCUT2D eigenvalue weighted by Gasteiger charge is 2.12. The number of thioether (sulfide) groups is 1. The van der Waals surface area contributed by atoms with E-state index in [1.54, 1.807) is 24.3 Å². The predicted molar refractivity (Wildman–Crippen MR) is 104 cm³/mol. The minimum absolute atomic E-state index is 0.0800. The fourth-order valence-corrected chi connectivity index (χ4v) is 3.66. The third-order valence-electron chi connectivity index (χ3n) is 3.69. The van der Waals surface area contributed by atoms with Gasteiger partial charge in [0.05, 0.1) is 23.3 Å². The average molecular weight is 394 g/mol. The molecule has 140 valence electrons. The number of ether oxygens (including phenoxy) is 1. The smallest absolute Gasteiger partial charge is 0.230 e. The molecule has 0 radical (unpaired) electrons. The van der Waals surface area contributed by atoms with Crippen LogP contribution in [0.3, 0.4) is 0 Å². The number of carbonyl (C=O) groups is 1. The van der Waals surface area contributed by atoms with Crippen LogP contribution < -0.4 is 10.1 Å². The van der Waals surface area contributed by atoms with Crippen LogP contribution in [0.15, 0.2) is 58.3 Å². The monoisotopic (exact) mass is 393 g/mol. The molecule has 0 aliphatic heterocycles. The Labute approximate surface area is 159 Å². The third-order valence-corrected chi connectivity index (χ3v) is 5.83. The van der Waals surface area contributed by atoms with Gasteiger partial charge >= 0.3 is 0 Å². The molecule has 7 heteroatoms. The lowest BCUT2D eigenvalue weighted by atomic mass is 10.1. The first-order chi connectivity index (χ1) is 12.3. The van der Waals surface area contributed by atoms with Gasteiger partial charge in [0.2, 0.25) is 5.91 Å². The van der Waals surface area contributed by atoms with Gasteiger partial charge in [-0.15, -0.1) is 11.8 Å². The van der Waals surface area contributed by atoms with Crippen LogP contribution >= 0.6 is 11.8 Å². The summed E-state index contributed by atoms with van der Waals surface area (Å²) in [5, 5.41) is 2.92. The number of hydrogen-bond acceptors (Lipinski definition) is 5. The second kappa shape index (κ2) is 9.09. The lowest BCUT2D eigenvalue weighted by Crippen LogP contribution is -2.28. The van der Waals surface area contributed by atoms with E-state index < -0.39 is 9.84 Å². The fraction of sp³-hybridized carbons (Fsp3) is 0.316. The first-order valence-corrected chi connectivity index (χ1v) is 11.1. The first-order valence-electron chi connectivity index (χ1n) is 8.24. The van der Waals surface area contributed by atoms with Gasteiger partial charge in [0.15, 0.2) is 9.84 Å². The Bertz CT molecular complexity index is 831. The zero-order valence-corrected chi connectivity index (χ0v) is 16.7. The molecule has 0 saturated heterocycles. The molecule has 26 heavy (non-hydrogen) atoms. The number of benzene rings is 2. The molecule has 0 heterocycles. The summed E-state index contributed by atoms with van der Waals surface area (Å²) in [6.07, 6.45) is 1.17. The zero-order valence-electron chi connectivity index (χ0n) is 15.1. The molecule has 0 spiro atoms. The molecule has 1 amide bonds. The number of carbonyl (C=O) groups excluding carboxylic acids is 1. The van der Waals surface area contributed by atoms with Crippen molar-refractivity contribution in [1.82, 2.24) is 5.32 Å². The normalized spacial score (nSPS) is 12.4. The third kappa shape index (κ3) is 6.07. The first kappa shape index (κ1) is 20.3. The topological polar surface area (TPSA) is 72.5 Å². The van der Waals surface area contributed by atoms with Crippen LogP contribution in [0.5, 0.6) is 5.75 Å². The van der Waals surface area contributed by atoms with E-state index in [2.05, 4.69) is 5.32 Å². The summed E-state index contributed by atoms with van der Waals surface area (Å²) < 4.78 is 28.4. The maximum Gasteiger partial charge on any atom is 0.230 e. The minimum Gasteiger partial charge on any atom is -0.494 e. The van der Waals surface area contributed by atoms with E-state index in [1.165, 1.54) is 18.0 Å². The van der Waals surface area contributed by atoms with Crippen LogP contribution in [-0.4, -0.2) is 32.9 Å². The second-order valence-electron chi connectivity index (χ2n) is 5.82. The van der Waals surface area contributed by atoms with E-state index in [1.807, 2.05) is 38.1 Å². The molecule has 5 nitrogen and oxygen atoms in total. The Morgan fingerprint density at radius 3 is 2.27 bits per heavy atom. The predicted octanol–water partition coefficient (Wildman–Crippen LogP) is 3.46. The molecule has 0 fully saturated rings. The summed E-state index contributed by atoms with van der Waals surface area (Å²) in [5.74, 6) is 1.04. The van der Waals surface area contributed by atoms with E-state index in [4.69, 9.17) is 4.74 Å². The van der Waals surface area contributed by atoms with Crippen molar-refractivity contribution < 1.29 is 17.9 Å². The van der Waals surface area contributed by atoms with Crippen LogP contribution in [0.2, 0.25) is 0 Å². The number of amides is 1. The highest BCUT2D eigenvalue weighted by atomic mass is 32.2. The summed E-state index contributed by atoms with van der Waals surface area (Å²) in [4.78, 5) is 13.4. The summed E-state index contributed by atoms with van der Waals surface area (Å²) >= 11 is 1.45. The maximum atomic E-state index is 12.1. The van der Waals surface area contributed by atoms with Crippen molar-refractivity contribution in [2.45, 2.75) is 29.7 Å². The highest BCUT2D eigenvalue weighted by molar-refractivity contribution is 8.00. The van der Waals surface area contributed by atoms with Crippen LogP contribution in [0.25, 0.3) is 0 Å². The van der Waals surface area contributed by atoms with Crippen molar-refractivity contribution in [1.29, 1.82) is 0 Å². The molecule has 1 atom stereocenters. The summed E-state index contributed by atoms with van der Waals surface area (Å²) in [6, 6.07) is 14.0. The van der Waals surface area contributed by atoms with Gasteiger partial charge in [0.1, 0.15) is 5.75 Å². The Balaban J connectivity index is 1.86. The number of hydrogen-bond donors (Lipinski definition) is 1. The molecule has 2 rings (SSSR count). The summed E-state index contributed by atoms with van der Waals surface area (Å²) in [6.45, 7) is 4.43. The Hall–Kier alpha value is -1.99. The van der Waals surface area contributed by atoms with E-state index in [-0.39, 0.29) is 16.8 Å². The molecular weight excluding hydrogens is 370 g/mol. The SMILES string of the molecule is CCOc1ccc(SCC(=O)N[C@@H](C)c2ccc(S(C)(=O)=O)cc2)cc1. The van der Waals surface area contributed by atoms with Crippen LogP contribution in [0, 0.1) is 0 Å². The number of nitrogens with one attached hydrogen (secondary N) is 1. The number of sulfone groups is 1. The highest BCUT2D eigenvalue weighted by Crippen LogP contribution is 2.22. The van der Waals surface area contributed by atoms with E-state index in [0.717, 1.165) is 16.2 Å². The Morgan fingerprint density at radius 1 is 1.12 bits per heavy atom. The van der Waals surface area contributed by atoms with Gasteiger partial charge in [-0.3, -0.25) is 4.79 Å². The summed E-state index contributed by atoms with van der Waals surface area (Å²) in [5.41, 5.74) is 0.858. The van der Waals surface area contributed by atoms with E-state index >= 15 is 0 Å². The van der Waals surface area contributed by atoms with Crippen LogP contribution in [0.1, 0.15) is 25.5 Å². The molecule has 0 bridgehead atoms. The van der Waals surface area contributed by atoms with Crippen LogP contribution in [0.4, 0.5) is 0 Å². The molecule has 0 aromatic heterocycles. The van der Waals surface area contributed by atoms with Crippen molar-refractivity contribution in [3.05, 3.63) is 54.1 Å². The number of rotatable bonds is 8. The standard InChI is InChI=1S/C19H23NO4S2/c1-4-24-16-7-9-17(10-8-16)25-13-19(21)20-14(2)15-5-11-18(12-6-15)26(3,22)23/h5-12,14H,4,13H2,1-3H3,(H,20,21)/t14-/m0/s1. The van der Waals surface area contributed by atoms with Crippen molar-refractivity contribution in [2.75, 3.05) is 18.6 Å². The van der Waals surface area contributed by atoms with Crippen LogP contribution in [-0.2, 0) is 14.6 Å². The van der Waals surface area contributed by atoms with Crippen molar-refractivity contribution in [3.8, 4) is 5.75 Å². The van der Waals surface area contributed by atoms with Crippen molar-refractivity contribution in [2.24, 2.45) is 0 Å². The Kier molecular flexibility index (Phi) is 7.11. The molecular formula is C19H23NO4S2. The molecule has 0 unspecified atom stereocenters. The molecule has 0 aliphatic rings. The van der Waals surface area contributed by atoms with Gasteiger partial charge in [0, 0.05) is 11.2 Å². The molecule has 0 aliphatic carbocycles. The molecule has 1 N–H and O–H groups in total.